The number of benzene rings is 1. The number of hydrogen-bond acceptors (Lipinski definition) is 4. The van der Waals surface area contributed by atoms with Crippen molar-refractivity contribution in [2.45, 2.75) is 38.0 Å². The van der Waals surface area contributed by atoms with Gasteiger partial charge >= 0.3 is 6.36 Å². The molecule has 2 atom stereocenters. The molecule has 0 radical (unpaired) electrons. The van der Waals surface area contributed by atoms with Gasteiger partial charge in [0.25, 0.3) is 0 Å². The topological polar surface area (TPSA) is 50.7 Å². The fourth-order valence-corrected chi connectivity index (χ4v) is 2.29. The summed E-state index contributed by atoms with van der Waals surface area (Å²) in [5, 5.41) is 13.3. The van der Waals surface area contributed by atoms with Crippen LogP contribution in [-0.4, -0.2) is 36.3 Å². The molecular weight excluding hydrogens is 287 g/mol. The minimum Gasteiger partial charge on any atom is -0.405 e. The van der Waals surface area contributed by atoms with E-state index in [1.165, 1.54) is 12.1 Å². The Morgan fingerprint density at radius 1 is 1.43 bits per heavy atom. The average Bonchev–Trinajstić information content (AvgIpc) is 2.70. The summed E-state index contributed by atoms with van der Waals surface area (Å²) in [5.41, 5.74) is -0.607. The van der Waals surface area contributed by atoms with Crippen LogP contribution < -0.4 is 10.1 Å². The van der Waals surface area contributed by atoms with Crippen molar-refractivity contribution in [3.05, 3.63) is 29.8 Å². The lowest BCUT2D eigenvalue weighted by Gasteiger charge is -2.26. The predicted molar refractivity (Wildman–Crippen MR) is 69.8 cm³/mol. The molecule has 2 unspecified atom stereocenters. The van der Waals surface area contributed by atoms with Gasteiger partial charge in [0.15, 0.2) is 0 Å². The van der Waals surface area contributed by atoms with E-state index in [1.54, 1.807) is 19.1 Å². The van der Waals surface area contributed by atoms with Crippen LogP contribution in [0.3, 0.4) is 0 Å². The Kier molecular flexibility index (Phi) is 4.75. The minimum absolute atomic E-state index is 0.168. The summed E-state index contributed by atoms with van der Waals surface area (Å²) in [5.74, 6) is -0.236. The zero-order valence-electron chi connectivity index (χ0n) is 11.6. The van der Waals surface area contributed by atoms with Crippen molar-refractivity contribution in [1.82, 2.24) is 5.32 Å². The highest BCUT2D eigenvalue weighted by Gasteiger charge is 2.39. The zero-order chi connectivity index (χ0) is 15.5. The molecular formula is C14H18F3NO3. The molecule has 21 heavy (non-hydrogen) atoms. The number of halogens is 3. The van der Waals surface area contributed by atoms with Crippen LogP contribution >= 0.6 is 0 Å². The molecule has 0 amide bonds. The monoisotopic (exact) mass is 305 g/mol. The number of aliphatic hydroxyl groups is 1. The summed E-state index contributed by atoms with van der Waals surface area (Å²) in [7, 11) is 0. The molecule has 1 aromatic rings. The van der Waals surface area contributed by atoms with Gasteiger partial charge in [-0.2, -0.15) is 0 Å². The summed E-state index contributed by atoms with van der Waals surface area (Å²) >= 11 is 0. The van der Waals surface area contributed by atoms with Crippen LogP contribution in [0, 0.1) is 0 Å². The van der Waals surface area contributed by atoms with Crippen molar-refractivity contribution in [2.24, 2.45) is 0 Å². The fraction of sp³-hybridized carbons (Fsp3) is 0.571. The number of nitrogens with one attached hydrogen (secondary N) is 1. The highest BCUT2D eigenvalue weighted by atomic mass is 19.4. The molecule has 0 aliphatic carbocycles. The Morgan fingerprint density at radius 3 is 2.76 bits per heavy atom. The lowest BCUT2D eigenvalue weighted by molar-refractivity contribution is -0.274. The van der Waals surface area contributed by atoms with Crippen molar-refractivity contribution in [3.8, 4) is 5.75 Å². The predicted octanol–water partition coefficient (Wildman–Crippen LogP) is 2.21. The second-order valence-corrected chi connectivity index (χ2v) is 5.13. The van der Waals surface area contributed by atoms with Crippen LogP contribution in [0.15, 0.2) is 24.3 Å². The normalized spacial score (nSPS) is 26.0. The van der Waals surface area contributed by atoms with Crippen LogP contribution in [0.1, 0.15) is 18.9 Å². The summed E-state index contributed by atoms with van der Waals surface area (Å²) in [6.45, 7) is 2.66. The third-order valence-corrected chi connectivity index (χ3v) is 3.60. The summed E-state index contributed by atoms with van der Waals surface area (Å²) < 4.78 is 46.2. The second kappa shape index (κ2) is 6.21. The maximum atomic E-state index is 12.3. The largest absolute Gasteiger partial charge is 0.573 e. The van der Waals surface area contributed by atoms with E-state index in [4.69, 9.17) is 4.74 Å². The minimum atomic E-state index is -4.72. The van der Waals surface area contributed by atoms with Gasteiger partial charge in [0.1, 0.15) is 11.4 Å². The number of ether oxygens (including phenoxy) is 2. The SMILES string of the molecule is CC1OCCC1(O)CNCc1ccccc1OC(F)(F)F. The molecule has 0 saturated carbocycles. The maximum absolute atomic E-state index is 12.3. The fourth-order valence-electron chi connectivity index (χ4n) is 2.29. The van der Waals surface area contributed by atoms with E-state index in [9.17, 15) is 18.3 Å². The molecule has 1 fully saturated rings. The first kappa shape index (κ1) is 16.1. The quantitative estimate of drug-likeness (QED) is 0.876. The third kappa shape index (κ3) is 4.33. The highest BCUT2D eigenvalue weighted by molar-refractivity contribution is 5.33. The molecule has 1 aromatic carbocycles. The Hall–Kier alpha value is -1.31. The summed E-state index contributed by atoms with van der Waals surface area (Å²) in [6, 6.07) is 5.93. The average molecular weight is 305 g/mol. The first-order chi connectivity index (χ1) is 9.80. The first-order valence-corrected chi connectivity index (χ1v) is 6.68. The Labute approximate surface area is 120 Å². The van der Waals surface area contributed by atoms with Crippen molar-refractivity contribution in [2.75, 3.05) is 13.2 Å². The zero-order valence-corrected chi connectivity index (χ0v) is 11.6. The van der Waals surface area contributed by atoms with Crippen LogP contribution in [0.25, 0.3) is 0 Å². The summed E-state index contributed by atoms with van der Waals surface area (Å²) in [6.07, 6.45) is -4.52. The van der Waals surface area contributed by atoms with Gasteiger partial charge in [0, 0.05) is 31.7 Å². The molecule has 0 bridgehead atoms. The van der Waals surface area contributed by atoms with Gasteiger partial charge in [-0.25, -0.2) is 0 Å². The Balaban J connectivity index is 1.94. The van der Waals surface area contributed by atoms with Gasteiger partial charge in [-0.15, -0.1) is 13.2 Å². The van der Waals surface area contributed by atoms with Crippen molar-refractivity contribution in [1.29, 1.82) is 0 Å². The third-order valence-electron chi connectivity index (χ3n) is 3.60. The molecule has 2 rings (SSSR count). The molecule has 1 aliphatic rings. The highest BCUT2D eigenvalue weighted by Crippen LogP contribution is 2.27. The van der Waals surface area contributed by atoms with Gasteiger partial charge in [-0.3, -0.25) is 0 Å². The molecule has 0 spiro atoms. The standard InChI is InChI=1S/C14H18F3NO3/c1-10-13(19,6-7-20-10)9-18-8-11-4-2-3-5-12(11)21-14(15,16)17/h2-5,10,18-19H,6-9H2,1H3. The lowest BCUT2D eigenvalue weighted by Crippen LogP contribution is -2.45. The van der Waals surface area contributed by atoms with Crippen LogP contribution in [-0.2, 0) is 11.3 Å². The number of para-hydroxylation sites is 1. The van der Waals surface area contributed by atoms with Gasteiger partial charge in [-0.1, -0.05) is 18.2 Å². The summed E-state index contributed by atoms with van der Waals surface area (Å²) in [4.78, 5) is 0. The van der Waals surface area contributed by atoms with Crippen LogP contribution in [0.4, 0.5) is 13.2 Å². The molecule has 7 heteroatoms. The van der Waals surface area contributed by atoms with Crippen molar-refractivity contribution < 1.29 is 27.8 Å². The Bertz CT molecular complexity index is 481. The van der Waals surface area contributed by atoms with Crippen LogP contribution in [0.5, 0.6) is 5.75 Å². The number of hydrogen-bond donors (Lipinski definition) is 2. The van der Waals surface area contributed by atoms with E-state index in [0.717, 1.165) is 0 Å². The van der Waals surface area contributed by atoms with Crippen molar-refractivity contribution >= 4 is 0 Å². The number of alkyl halides is 3. The smallest absolute Gasteiger partial charge is 0.405 e. The number of rotatable bonds is 5. The molecule has 2 N–H and O–H groups in total. The van der Waals surface area contributed by atoms with Gasteiger partial charge in [0.05, 0.1) is 6.10 Å². The molecule has 1 saturated heterocycles. The first-order valence-electron chi connectivity index (χ1n) is 6.68. The molecule has 1 aliphatic heterocycles. The molecule has 118 valence electrons. The van der Waals surface area contributed by atoms with E-state index in [-0.39, 0.29) is 24.9 Å². The van der Waals surface area contributed by atoms with Gasteiger partial charge < -0.3 is 19.9 Å². The van der Waals surface area contributed by atoms with Gasteiger partial charge in [-0.05, 0) is 13.0 Å². The van der Waals surface area contributed by atoms with E-state index >= 15 is 0 Å². The molecule has 0 aromatic heterocycles. The maximum Gasteiger partial charge on any atom is 0.573 e. The Morgan fingerprint density at radius 2 is 2.14 bits per heavy atom. The van der Waals surface area contributed by atoms with E-state index in [1.807, 2.05) is 0 Å². The molecule has 1 heterocycles. The lowest BCUT2D eigenvalue weighted by atomic mass is 9.96. The van der Waals surface area contributed by atoms with E-state index in [0.29, 0.717) is 18.6 Å². The molecule has 4 nitrogen and oxygen atoms in total. The van der Waals surface area contributed by atoms with E-state index < -0.39 is 12.0 Å². The van der Waals surface area contributed by atoms with Crippen LogP contribution in [0.2, 0.25) is 0 Å². The second-order valence-electron chi connectivity index (χ2n) is 5.13. The van der Waals surface area contributed by atoms with E-state index in [2.05, 4.69) is 10.1 Å². The van der Waals surface area contributed by atoms with Gasteiger partial charge in [0.2, 0.25) is 0 Å². The van der Waals surface area contributed by atoms with Crippen molar-refractivity contribution in [3.63, 3.8) is 0 Å².